The van der Waals surface area contributed by atoms with E-state index in [0.29, 0.717) is 18.3 Å². The Balaban J connectivity index is 0.000000220. The van der Waals surface area contributed by atoms with E-state index in [9.17, 15) is 0 Å². The number of benzene rings is 4. The molecule has 0 saturated carbocycles. The molecule has 0 spiro atoms. The minimum Gasteiger partial charge on any atom is -0.494 e. The van der Waals surface area contributed by atoms with Crippen LogP contribution in [0.25, 0.3) is 0 Å². The highest BCUT2D eigenvalue weighted by molar-refractivity contribution is 7.80. The molecule has 0 saturated heterocycles. The van der Waals surface area contributed by atoms with Gasteiger partial charge in [0.1, 0.15) is 11.5 Å². The van der Waals surface area contributed by atoms with Crippen molar-refractivity contribution in [1.82, 2.24) is 0 Å². The Bertz CT molecular complexity index is 1080. The maximum absolute atomic E-state index is 5.40. The van der Waals surface area contributed by atoms with Crippen LogP contribution in [0.1, 0.15) is 25.0 Å². The van der Waals surface area contributed by atoms with Crippen LogP contribution in [-0.4, -0.2) is 33.5 Å². The van der Waals surface area contributed by atoms with Gasteiger partial charge in [0.15, 0.2) is 5.11 Å². The second kappa shape index (κ2) is 16.4. The molecule has 190 valence electrons. The Kier molecular flexibility index (Phi) is 12.6. The number of anilines is 2. The third-order valence-electron chi connectivity index (χ3n) is 5.46. The lowest BCUT2D eigenvalue weighted by molar-refractivity contribution is 0.340. The number of hydrogen-bond acceptors (Lipinski definition) is 3. The number of rotatable bonds is 10. The molecule has 6 heteroatoms. The van der Waals surface area contributed by atoms with E-state index in [1.54, 1.807) is 0 Å². The fourth-order valence-corrected chi connectivity index (χ4v) is 5.58. The molecule has 0 aliphatic carbocycles. The molecule has 4 rings (SSSR count). The van der Waals surface area contributed by atoms with Gasteiger partial charge >= 0.3 is 0 Å². The lowest BCUT2D eigenvalue weighted by atomic mass is 10.2. The average Bonchev–Trinajstić information content (AvgIpc) is 2.93. The van der Waals surface area contributed by atoms with E-state index in [-0.39, 0.29) is 15.2 Å². The molecule has 37 heavy (non-hydrogen) atoms. The van der Waals surface area contributed by atoms with Crippen molar-refractivity contribution in [1.29, 1.82) is 0 Å². The molecule has 0 heterocycles. The molecule has 0 aliphatic heterocycles. The van der Waals surface area contributed by atoms with Crippen LogP contribution in [0.4, 0.5) is 11.4 Å². The quantitative estimate of drug-likeness (QED) is 0.170. The predicted molar refractivity (Wildman–Crippen MR) is 163 cm³/mol. The number of hydrogen-bond donors (Lipinski definition) is 2. The molecule has 4 nitrogen and oxygen atoms in total. The summed E-state index contributed by atoms with van der Waals surface area (Å²) < 4.78 is 10.8. The minimum absolute atomic E-state index is 0.0148. The molecule has 0 radical (unpaired) electrons. The first kappa shape index (κ1) is 28.3. The third-order valence-corrected chi connectivity index (χ3v) is 7.53. The van der Waals surface area contributed by atoms with Crippen LogP contribution >= 0.6 is 12.2 Å². The van der Waals surface area contributed by atoms with Crippen molar-refractivity contribution >= 4 is 43.9 Å². The van der Waals surface area contributed by atoms with E-state index < -0.39 is 0 Å². The van der Waals surface area contributed by atoms with E-state index >= 15 is 0 Å². The first-order valence-electron chi connectivity index (χ1n) is 12.8. The molecular formula is C31H35AlN2O2S. The average molecular weight is 527 g/mol. The molecule has 4 aromatic rings. The minimum atomic E-state index is 0.0148. The van der Waals surface area contributed by atoms with Gasteiger partial charge in [0.2, 0.25) is 15.2 Å². The summed E-state index contributed by atoms with van der Waals surface area (Å²) in [5.74, 6) is 1.69. The van der Waals surface area contributed by atoms with Gasteiger partial charge in [-0.1, -0.05) is 82.4 Å². The Hall–Kier alpha value is -3.30. The molecule has 2 N–H and O–H groups in total. The first-order chi connectivity index (χ1) is 18.2. The summed E-state index contributed by atoms with van der Waals surface area (Å²) in [7, 11) is 0. The van der Waals surface area contributed by atoms with Gasteiger partial charge in [0.05, 0.1) is 13.2 Å². The first-order valence-corrected chi connectivity index (χ1v) is 15.2. The normalized spacial score (nSPS) is 9.89. The zero-order valence-electron chi connectivity index (χ0n) is 21.7. The summed E-state index contributed by atoms with van der Waals surface area (Å²) in [6, 6.07) is 37.0. The van der Waals surface area contributed by atoms with Gasteiger partial charge in [-0.25, -0.2) is 0 Å². The fourth-order valence-electron chi connectivity index (χ4n) is 3.68. The van der Waals surface area contributed by atoms with Crippen LogP contribution in [0.15, 0.2) is 109 Å². The summed E-state index contributed by atoms with van der Waals surface area (Å²) in [5.41, 5.74) is 4.82. The molecule has 0 fully saturated rings. The van der Waals surface area contributed by atoms with Crippen molar-refractivity contribution in [3.8, 4) is 11.5 Å². The monoisotopic (exact) mass is 526 g/mol. The number of ether oxygens (including phenoxy) is 2. The Morgan fingerprint density at radius 2 is 0.973 bits per heavy atom. The van der Waals surface area contributed by atoms with Gasteiger partial charge in [-0.05, 0) is 74.6 Å². The van der Waals surface area contributed by atoms with E-state index in [2.05, 4.69) is 71.3 Å². The fraction of sp³-hybridized carbons (Fsp3) is 0.194. The zero-order valence-corrected chi connectivity index (χ0v) is 23.9. The van der Waals surface area contributed by atoms with Gasteiger partial charge in [0, 0.05) is 11.4 Å². The van der Waals surface area contributed by atoms with Gasteiger partial charge in [-0.2, -0.15) is 0 Å². The highest BCUT2D eigenvalue weighted by atomic mass is 32.1. The standard InChI is InChI=1S/C17H20N2O2S.2C7H7.Al.H/c1-3-20-15-9-5-13(6-10-15)18-17(22)19-14-7-11-16(12-8-14)21-4-2;2*1-7-5-3-2-4-6-7;;/h5-12H,3-4H2,1-2H3,(H2,18,19,22);2*2-6H,1H2;;. The molecule has 0 amide bonds. The SMILES string of the molecule is CCOc1ccc(NC(=S)Nc2ccc(OCC)cc2)cc1.c1ccc([CH2][AlH][CH2]c2ccccc2)cc1. The predicted octanol–water partition coefficient (Wildman–Crippen LogP) is 7.12. The summed E-state index contributed by atoms with van der Waals surface area (Å²) in [6.07, 6.45) is 0. The molecule has 0 aromatic heterocycles. The van der Waals surface area contributed by atoms with Crippen LogP contribution in [-0.2, 0) is 10.6 Å². The third kappa shape index (κ3) is 11.1. The summed E-state index contributed by atoms with van der Waals surface area (Å²) in [5, 5.41) is 9.43. The van der Waals surface area contributed by atoms with Crippen molar-refractivity contribution in [2.45, 2.75) is 24.4 Å². The molecular weight excluding hydrogens is 491 g/mol. The second-order valence-electron chi connectivity index (χ2n) is 8.32. The van der Waals surface area contributed by atoms with E-state index in [4.69, 9.17) is 21.7 Å². The number of nitrogens with one attached hydrogen (secondary N) is 2. The summed E-state index contributed by atoms with van der Waals surface area (Å²) in [6.45, 7) is 5.24. The van der Waals surface area contributed by atoms with Crippen LogP contribution < -0.4 is 20.1 Å². The second-order valence-corrected chi connectivity index (χ2v) is 10.4. The zero-order chi connectivity index (χ0) is 26.1. The van der Waals surface area contributed by atoms with Gasteiger partial charge < -0.3 is 20.1 Å². The molecule has 0 atom stereocenters. The van der Waals surface area contributed by atoms with Crippen LogP contribution in [0, 0.1) is 0 Å². The maximum Gasteiger partial charge on any atom is 0.248 e. The Morgan fingerprint density at radius 1 is 0.595 bits per heavy atom. The van der Waals surface area contributed by atoms with Gasteiger partial charge in [0.25, 0.3) is 0 Å². The Labute approximate surface area is 232 Å². The van der Waals surface area contributed by atoms with Gasteiger partial charge in [-0.3, -0.25) is 0 Å². The van der Waals surface area contributed by atoms with Crippen LogP contribution in [0.3, 0.4) is 0 Å². The highest BCUT2D eigenvalue weighted by Gasteiger charge is 2.01. The van der Waals surface area contributed by atoms with Gasteiger partial charge in [-0.15, -0.1) is 0 Å². The highest BCUT2D eigenvalue weighted by Crippen LogP contribution is 2.18. The molecule has 0 bridgehead atoms. The molecule has 0 aliphatic rings. The van der Waals surface area contributed by atoms with Crippen molar-refractivity contribution in [3.63, 3.8) is 0 Å². The molecule has 0 unspecified atom stereocenters. The van der Waals surface area contributed by atoms with E-state index in [0.717, 1.165) is 22.9 Å². The van der Waals surface area contributed by atoms with E-state index in [1.807, 2.05) is 62.4 Å². The van der Waals surface area contributed by atoms with Crippen molar-refractivity contribution in [2.24, 2.45) is 0 Å². The summed E-state index contributed by atoms with van der Waals surface area (Å²) in [4.78, 5) is 0. The van der Waals surface area contributed by atoms with Crippen LogP contribution in [0.2, 0.25) is 0 Å². The van der Waals surface area contributed by atoms with Crippen molar-refractivity contribution < 1.29 is 9.47 Å². The van der Waals surface area contributed by atoms with Crippen LogP contribution in [0.5, 0.6) is 11.5 Å². The maximum atomic E-state index is 5.40. The lowest BCUT2D eigenvalue weighted by Crippen LogP contribution is -2.18. The topological polar surface area (TPSA) is 42.5 Å². The van der Waals surface area contributed by atoms with Crippen molar-refractivity contribution in [3.05, 3.63) is 120 Å². The molecule has 4 aromatic carbocycles. The van der Waals surface area contributed by atoms with E-state index in [1.165, 1.54) is 21.7 Å². The lowest BCUT2D eigenvalue weighted by Gasteiger charge is -2.12. The Morgan fingerprint density at radius 3 is 1.32 bits per heavy atom. The summed E-state index contributed by atoms with van der Waals surface area (Å²) >= 11 is 5.32. The largest absolute Gasteiger partial charge is 0.494 e. The number of thiocarbonyl (C=S) groups is 1. The smallest absolute Gasteiger partial charge is 0.248 e. The van der Waals surface area contributed by atoms with Crippen molar-refractivity contribution in [2.75, 3.05) is 23.8 Å².